The van der Waals surface area contributed by atoms with Gasteiger partial charge in [0.05, 0.1) is 0 Å². The summed E-state index contributed by atoms with van der Waals surface area (Å²) in [4.78, 5) is 6.98. The highest BCUT2D eigenvalue weighted by molar-refractivity contribution is 5.92. The van der Waals surface area contributed by atoms with Gasteiger partial charge >= 0.3 is 0 Å². The van der Waals surface area contributed by atoms with Crippen molar-refractivity contribution < 1.29 is 0 Å². The number of guanidine groups is 1. The van der Waals surface area contributed by atoms with Gasteiger partial charge in [-0.2, -0.15) is 0 Å². The molecule has 0 aromatic heterocycles. The largest absolute Gasteiger partial charge is 0.370 e. The Labute approximate surface area is 134 Å². The summed E-state index contributed by atoms with van der Waals surface area (Å²) in [6.07, 6.45) is 3.74. The summed E-state index contributed by atoms with van der Waals surface area (Å²) >= 11 is 0. The van der Waals surface area contributed by atoms with Crippen LogP contribution in [-0.2, 0) is 0 Å². The quantitative estimate of drug-likeness (QED) is 0.499. The van der Waals surface area contributed by atoms with Crippen LogP contribution in [0.1, 0.15) is 37.3 Å². The lowest BCUT2D eigenvalue weighted by Gasteiger charge is -2.29. The molecule has 0 spiro atoms. The van der Waals surface area contributed by atoms with Crippen LogP contribution in [0.15, 0.2) is 23.2 Å². The molecule has 1 aromatic rings. The predicted octanol–water partition coefficient (Wildman–Crippen LogP) is 3.15. The van der Waals surface area contributed by atoms with E-state index in [0.29, 0.717) is 5.96 Å². The highest BCUT2D eigenvalue weighted by atomic mass is 15.1. The molecule has 0 bridgehead atoms. The third-order valence-electron chi connectivity index (χ3n) is 4.28. The van der Waals surface area contributed by atoms with Crippen LogP contribution >= 0.6 is 0 Å². The second-order valence-corrected chi connectivity index (χ2v) is 6.65. The molecule has 22 heavy (non-hydrogen) atoms. The number of rotatable bonds is 5. The first-order valence-electron chi connectivity index (χ1n) is 8.40. The van der Waals surface area contributed by atoms with E-state index in [4.69, 9.17) is 5.73 Å². The Morgan fingerprint density at radius 3 is 2.50 bits per heavy atom. The van der Waals surface area contributed by atoms with Gasteiger partial charge in [0.1, 0.15) is 0 Å². The Bertz CT molecular complexity index is 482. The first kappa shape index (κ1) is 16.8. The van der Waals surface area contributed by atoms with Crippen LogP contribution in [0.3, 0.4) is 0 Å². The van der Waals surface area contributed by atoms with Crippen molar-refractivity contribution in [3.8, 4) is 0 Å². The van der Waals surface area contributed by atoms with E-state index in [2.05, 4.69) is 54.2 Å². The maximum absolute atomic E-state index is 5.97. The minimum atomic E-state index is 0.511. The maximum atomic E-state index is 5.97. The van der Waals surface area contributed by atoms with Crippen molar-refractivity contribution in [2.75, 3.05) is 31.5 Å². The summed E-state index contributed by atoms with van der Waals surface area (Å²) in [5.74, 6) is 1.41. The number of anilines is 1. The molecule has 1 aliphatic heterocycles. The van der Waals surface area contributed by atoms with Crippen molar-refractivity contribution in [1.29, 1.82) is 0 Å². The molecule has 0 saturated carbocycles. The average molecular weight is 302 g/mol. The number of nitrogens with zero attached hydrogens (tertiary/aromatic N) is 2. The fourth-order valence-corrected chi connectivity index (χ4v) is 3.01. The molecule has 1 fully saturated rings. The van der Waals surface area contributed by atoms with E-state index in [1.165, 1.54) is 37.1 Å². The number of nitrogens with one attached hydrogen (secondary N) is 1. The molecule has 1 saturated heterocycles. The minimum absolute atomic E-state index is 0.511. The van der Waals surface area contributed by atoms with Gasteiger partial charge in [0.2, 0.25) is 0 Å². The molecule has 3 N–H and O–H groups in total. The summed E-state index contributed by atoms with van der Waals surface area (Å²) in [6, 6.07) is 6.33. The van der Waals surface area contributed by atoms with Gasteiger partial charge < -0.3 is 16.0 Å². The van der Waals surface area contributed by atoms with Crippen LogP contribution in [0.2, 0.25) is 0 Å². The SMILES string of the molecule is Cc1cc(C)cc(NC(N)=NCCCN2CCC(C)CC2)c1. The standard InChI is InChI=1S/C18H30N4/c1-14-5-9-22(10-6-14)8-4-7-20-18(19)21-17-12-15(2)11-16(3)13-17/h11-14H,4-10H2,1-3H3,(H3,19,20,21). The third-order valence-corrected chi connectivity index (χ3v) is 4.28. The minimum Gasteiger partial charge on any atom is -0.370 e. The Hall–Kier alpha value is -1.55. The van der Waals surface area contributed by atoms with Gasteiger partial charge in [-0.3, -0.25) is 4.99 Å². The molecule has 0 radical (unpaired) electrons. The van der Waals surface area contributed by atoms with Gasteiger partial charge in [-0.15, -0.1) is 0 Å². The number of benzene rings is 1. The summed E-state index contributed by atoms with van der Waals surface area (Å²) in [7, 11) is 0. The number of aliphatic imine (C=N–C) groups is 1. The van der Waals surface area contributed by atoms with Crippen LogP contribution in [0, 0.1) is 19.8 Å². The molecule has 2 rings (SSSR count). The second-order valence-electron chi connectivity index (χ2n) is 6.65. The van der Waals surface area contributed by atoms with Gasteiger partial charge in [0.25, 0.3) is 0 Å². The molecule has 1 aromatic carbocycles. The monoisotopic (exact) mass is 302 g/mol. The number of likely N-dealkylation sites (tertiary alicyclic amines) is 1. The zero-order chi connectivity index (χ0) is 15.9. The molecule has 122 valence electrons. The first-order valence-corrected chi connectivity index (χ1v) is 8.40. The number of hydrogen-bond acceptors (Lipinski definition) is 2. The van der Waals surface area contributed by atoms with E-state index in [0.717, 1.165) is 31.1 Å². The van der Waals surface area contributed by atoms with Crippen molar-refractivity contribution >= 4 is 11.6 Å². The van der Waals surface area contributed by atoms with E-state index in [1.54, 1.807) is 0 Å². The fourth-order valence-electron chi connectivity index (χ4n) is 3.01. The van der Waals surface area contributed by atoms with Crippen molar-refractivity contribution in [3.63, 3.8) is 0 Å². The zero-order valence-electron chi connectivity index (χ0n) is 14.2. The van der Waals surface area contributed by atoms with Crippen molar-refractivity contribution in [2.45, 2.75) is 40.0 Å². The zero-order valence-corrected chi connectivity index (χ0v) is 14.2. The molecule has 1 aliphatic rings. The van der Waals surface area contributed by atoms with Crippen LogP contribution in [-0.4, -0.2) is 37.0 Å². The van der Waals surface area contributed by atoms with Crippen LogP contribution in [0.4, 0.5) is 5.69 Å². The molecule has 4 nitrogen and oxygen atoms in total. The molecule has 0 atom stereocenters. The van der Waals surface area contributed by atoms with Crippen LogP contribution in [0.5, 0.6) is 0 Å². The Balaban J connectivity index is 1.71. The molecular weight excluding hydrogens is 272 g/mol. The van der Waals surface area contributed by atoms with E-state index < -0.39 is 0 Å². The van der Waals surface area contributed by atoms with Gasteiger partial charge in [0, 0.05) is 12.2 Å². The van der Waals surface area contributed by atoms with Gasteiger partial charge in [-0.25, -0.2) is 0 Å². The predicted molar refractivity (Wildman–Crippen MR) is 95.5 cm³/mol. The highest BCUT2D eigenvalue weighted by Gasteiger charge is 2.14. The van der Waals surface area contributed by atoms with Crippen molar-refractivity contribution in [2.24, 2.45) is 16.6 Å². The normalized spacial score (nSPS) is 17.7. The molecule has 1 heterocycles. The van der Waals surface area contributed by atoms with E-state index in [1.807, 2.05) is 0 Å². The fraction of sp³-hybridized carbons (Fsp3) is 0.611. The number of piperidine rings is 1. The van der Waals surface area contributed by atoms with Crippen molar-refractivity contribution in [3.05, 3.63) is 29.3 Å². The summed E-state index contributed by atoms with van der Waals surface area (Å²) in [6.45, 7) is 10.9. The number of nitrogens with two attached hydrogens (primary N) is 1. The number of aryl methyl sites for hydroxylation is 2. The van der Waals surface area contributed by atoms with Gasteiger partial charge in [-0.05, 0) is 81.9 Å². The highest BCUT2D eigenvalue weighted by Crippen LogP contribution is 2.16. The van der Waals surface area contributed by atoms with E-state index in [9.17, 15) is 0 Å². The molecule has 4 heteroatoms. The summed E-state index contributed by atoms with van der Waals surface area (Å²) in [5.41, 5.74) is 9.45. The topological polar surface area (TPSA) is 53.6 Å². The molecule has 0 aliphatic carbocycles. The second kappa shape index (κ2) is 8.18. The Morgan fingerprint density at radius 1 is 1.23 bits per heavy atom. The first-order chi connectivity index (χ1) is 10.5. The Morgan fingerprint density at radius 2 is 1.86 bits per heavy atom. The lowest BCUT2D eigenvalue weighted by Crippen LogP contribution is -2.34. The number of hydrogen-bond donors (Lipinski definition) is 2. The smallest absolute Gasteiger partial charge is 0.193 e. The van der Waals surface area contributed by atoms with E-state index >= 15 is 0 Å². The van der Waals surface area contributed by atoms with E-state index in [-0.39, 0.29) is 0 Å². The molecule has 0 unspecified atom stereocenters. The van der Waals surface area contributed by atoms with Gasteiger partial charge in [0.15, 0.2) is 5.96 Å². The average Bonchev–Trinajstić information content (AvgIpc) is 2.44. The molecule has 0 amide bonds. The lowest BCUT2D eigenvalue weighted by molar-refractivity contribution is 0.192. The third kappa shape index (κ3) is 5.68. The van der Waals surface area contributed by atoms with Crippen LogP contribution < -0.4 is 11.1 Å². The summed E-state index contributed by atoms with van der Waals surface area (Å²) < 4.78 is 0. The van der Waals surface area contributed by atoms with Gasteiger partial charge in [-0.1, -0.05) is 13.0 Å². The van der Waals surface area contributed by atoms with Crippen molar-refractivity contribution in [1.82, 2.24) is 4.90 Å². The Kier molecular flexibility index (Phi) is 6.25. The van der Waals surface area contributed by atoms with Crippen LogP contribution in [0.25, 0.3) is 0 Å². The summed E-state index contributed by atoms with van der Waals surface area (Å²) in [5, 5.41) is 3.18. The molecular formula is C18H30N4. The maximum Gasteiger partial charge on any atom is 0.193 e. The lowest BCUT2D eigenvalue weighted by atomic mass is 9.99.